The maximum atomic E-state index is 12.1. The van der Waals surface area contributed by atoms with Crippen molar-refractivity contribution in [2.75, 3.05) is 20.3 Å². The molecule has 0 aromatic carbocycles. The summed E-state index contributed by atoms with van der Waals surface area (Å²) < 4.78 is 4.88. The van der Waals surface area contributed by atoms with E-state index in [9.17, 15) is 9.59 Å². The first-order valence-electron chi connectivity index (χ1n) is 6.33. The summed E-state index contributed by atoms with van der Waals surface area (Å²) >= 11 is 0. The van der Waals surface area contributed by atoms with Gasteiger partial charge in [0.25, 0.3) is 0 Å². The number of amides is 1. The van der Waals surface area contributed by atoms with Gasteiger partial charge in [-0.2, -0.15) is 0 Å². The van der Waals surface area contributed by atoms with Crippen LogP contribution in [0.25, 0.3) is 0 Å². The number of aliphatic carboxylic acids is 1. The van der Waals surface area contributed by atoms with Crippen molar-refractivity contribution in [2.45, 2.75) is 44.2 Å². The smallest absolute Gasteiger partial charge is 0.303 e. The Balaban J connectivity index is 2.57. The zero-order valence-electron chi connectivity index (χ0n) is 10.8. The average Bonchev–Trinajstić information content (AvgIpc) is 2.36. The molecular formula is C12H22N2O4. The molecule has 2 unspecified atom stereocenters. The van der Waals surface area contributed by atoms with Crippen LogP contribution in [0.5, 0.6) is 0 Å². The number of carboxylic acid groups (broad SMARTS) is 1. The van der Waals surface area contributed by atoms with E-state index in [4.69, 9.17) is 15.6 Å². The molecule has 1 aliphatic rings. The van der Waals surface area contributed by atoms with Gasteiger partial charge in [-0.1, -0.05) is 0 Å². The van der Waals surface area contributed by atoms with E-state index >= 15 is 0 Å². The topological polar surface area (TPSA) is 92.9 Å². The lowest BCUT2D eigenvalue weighted by atomic mass is 9.97. The predicted molar refractivity (Wildman–Crippen MR) is 66.1 cm³/mol. The third-order valence-corrected chi connectivity index (χ3v) is 3.27. The Kier molecular flexibility index (Phi) is 6.07. The lowest BCUT2D eigenvalue weighted by molar-refractivity contribution is -0.141. The Morgan fingerprint density at radius 3 is 2.83 bits per heavy atom. The molecule has 3 N–H and O–H groups in total. The Hall–Kier alpha value is -1.14. The number of nitrogens with two attached hydrogens (primary N) is 1. The Bertz CT molecular complexity index is 296. The number of carbonyl (C=O) groups excluding carboxylic acids is 1. The normalized spacial score (nSPS) is 21.7. The number of carbonyl (C=O) groups is 2. The second kappa shape index (κ2) is 7.33. The van der Waals surface area contributed by atoms with E-state index < -0.39 is 12.0 Å². The fourth-order valence-electron chi connectivity index (χ4n) is 2.34. The number of rotatable bonds is 6. The van der Waals surface area contributed by atoms with Crippen LogP contribution < -0.4 is 5.73 Å². The van der Waals surface area contributed by atoms with E-state index in [1.54, 1.807) is 4.90 Å². The summed E-state index contributed by atoms with van der Waals surface area (Å²) in [4.78, 5) is 24.5. The van der Waals surface area contributed by atoms with E-state index in [1.807, 2.05) is 0 Å². The van der Waals surface area contributed by atoms with Gasteiger partial charge >= 0.3 is 5.97 Å². The van der Waals surface area contributed by atoms with Gasteiger partial charge in [-0.3, -0.25) is 9.59 Å². The molecule has 1 heterocycles. The summed E-state index contributed by atoms with van der Waals surface area (Å²) in [5, 5.41) is 8.71. The molecule has 1 fully saturated rings. The summed E-state index contributed by atoms with van der Waals surface area (Å²) in [5.74, 6) is -0.957. The molecule has 1 saturated heterocycles. The van der Waals surface area contributed by atoms with Gasteiger partial charge in [0.2, 0.25) is 5.91 Å². The number of likely N-dealkylation sites (tertiary alicyclic amines) is 1. The monoisotopic (exact) mass is 258 g/mol. The van der Waals surface area contributed by atoms with Gasteiger partial charge in [0.1, 0.15) is 6.04 Å². The standard InChI is InChI=1S/C12H22N2O4/c1-18-8-10(13)12(17)14-7-3-2-4-9(14)5-6-11(15)16/h9-10H,2-8,13H2,1H3,(H,15,16). The Morgan fingerprint density at radius 2 is 2.22 bits per heavy atom. The number of methoxy groups -OCH3 is 1. The first-order chi connectivity index (χ1) is 8.56. The molecule has 6 nitrogen and oxygen atoms in total. The van der Waals surface area contributed by atoms with Crippen LogP contribution in [0.1, 0.15) is 32.1 Å². The highest BCUT2D eigenvalue weighted by atomic mass is 16.5. The highest BCUT2D eigenvalue weighted by molar-refractivity contribution is 5.82. The fraction of sp³-hybridized carbons (Fsp3) is 0.833. The van der Waals surface area contributed by atoms with E-state index in [0.29, 0.717) is 13.0 Å². The number of hydrogen-bond acceptors (Lipinski definition) is 4. The van der Waals surface area contributed by atoms with Crippen molar-refractivity contribution < 1.29 is 19.4 Å². The van der Waals surface area contributed by atoms with Crippen molar-refractivity contribution in [2.24, 2.45) is 5.73 Å². The van der Waals surface area contributed by atoms with Crippen molar-refractivity contribution in [1.82, 2.24) is 4.90 Å². The third-order valence-electron chi connectivity index (χ3n) is 3.27. The van der Waals surface area contributed by atoms with E-state index in [-0.39, 0.29) is 25.0 Å². The third kappa shape index (κ3) is 4.27. The molecule has 6 heteroatoms. The molecule has 1 amide bonds. The summed E-state index contributed by atoms with van der Waals surface area (Å²) in [6, 6.07) is -0.648. The fourth-order valence-corrected chi connectivity index (χ4v) is 2.34. The quantitative estimate of drug-likeness (QED) is 0.710. The summed E-state index contributed by atoms with van der Waals surface area (Å²) in [6.07, 6.45) is 3.44. The molecule has 104 valence electrons. The predicted octanol–water partition coefficient (Wildman–Crippen LogP) is 0.206. The maximum absolute atomic E-state index is 12.1. The SMILES string of the molecule is COCC(N)C(=O)N1CCCCC1CCC(=O)O. The van der Waals surface area contributed by atoms with Crippen molar-refractivity contribution in [3.8, 4) is 0 Å². The molecule has 0 aliphatic carbocycles. The van der Waals surface area contributed by atoms with Crippen LogP contribution in [-0.2, 0) is 14.3 Å². The Morgan fingerprint density at radius 1 is 1.50 bits per heavy atom. The minimum absolute atomic E-state index is 0.00487. The largest absolute Gasteiger partial charge is 0.481 e. The molecule has 0 aromatic heterocycles. The Labute approximate surface area is 107 Å². The van der Waals surface area contributed by atoms with Gasteiger partial charge in [-0.05, 0) is 25.7 Å². The number of piperidine rings is 1. The van der Waals surface area contributed by atoms with Crippen molar-refractivity contribution in [3.63, 3.8) is 0 Å². The summed E-state index contributed by atoms with van der Waals surface area (Å²) in [6.45, 7) is 0.863. The molecule has 0 saturated carbocycles. The van der Waals surface area contributed by atoms with Crippen LogP contribution in [0.2, 0.25) is 0 Å². The second-order valence-electron chi connectivity index (χ2n) is 4.68. The molecule has 1 rings (SSSR count). The molecule has 1 aliphatic heterocycles. The van der Waals surface area contributed by atoms with Gasteiger partial charge < -0.3 is 20.5 Å². The van der Waals surface area contributed by atoms with Gasteiger partial charge in [-0.25, -0.2) is 0 Å². The molecule has 0 aromatic rings. The first kappa shape index (κ1) is 14.9. The van der Waals surface area contributed by atoms with Gasteiger partial charge in [0.05, 0.1) is 6.61 Å². The maximum Gasteiger partial charge on any atom is 0.303 e. The van der Waals surface area contributed by atoms with Crippen LogP contribution in [0.3, 0.4) is 0 Å². The number of carboxylic acids is 1. The molecule has 0 radical (unpaired) electrons. The van der Waals surface area contributed by atoms with Crippen LogP contribution in [0.4, 0.5) is 0 Å². The van der Waals surface area contributed by atoms with Gasteiger partial charge in [-0.15, -0.1) is 0 Å². The van der Waals surface area contributed by atoms with E-state index in [1.165, 1.54) is 7.11 Å². The lowest BCUT2D eigenvalue weighted by Crippen LogP contribution is -2.52. The average molecular weight is 258 g/mol. The zero-order valence-corrected chi connectivity index (χ0v) is 10.8. The number of ether oxygens (including phenoxy) is 1. The van der Waals surface area contributed by atoms with Crippen LogP contribution >= 0.6 is 0 Å². The summed E-state index contributed by atoms with van der Waals surface area (Å²) in [5.41, 5.74) is 5.74. The van der Waals surface area contributed by atoms with Gasteiger partial charge in [0.15, 0.2) is 0 Å². The number of hydrogen-bond donors (Lipinski definition) is 2. The molecule has 2 atom stereocenters. The van der Waals surface area contributed by atoms with E-state index in [0.717, 1.165) is 19.3 Å². The molecule has 0 bridgehead atoms. The zero-order chi connectivity index (χ0) is 13.5. The highest BCUT2D eigenvalue weighted by Gasteiger charge is 2.29. The minimum atomic E-state index is -0.825. The van der Waals surface area contributed by atoms with E-state index in [2.05, 4.69) is 0 Å². The highest BCUT2D eigenvalue weighted by Crippen LogP contribution is 2.21. The lowest BCUT2D eigenvalue weighted by Gasteiger charge is -2.37. The van der Waals surface area contributed by atoms with Crippen LogP contribution in [-0.4, -0.2) is 54.2 Å². The van der Waals surface area contributed by atoms with Crippen molar-refractivity contribution in [1.29, 1.82) is 0 Å². The first-order valence-corrected chi connectivity index (χ1v) is 6.33. The van der Waals surface area contributed by atoms with Gasteiger partial charge in [0, 0.05) is 26.1 Å². The molecule has 0 spiro atoms. The molecular weight excluding hydrogens is 236 g/mol. The van der Waals surface area contributed by atoms with Crippen molar-refractivity contribution in [3.05, 3.63) is 0 Å². The second-order valence-corrected chi connectivity index (χ2v) is 4.68. The summed E-state index contributed by atoms with van der Waals surface area (Å²) in [7, 11) is 1.51. The van der Waals surface area contributed by atoms with Crippen LogP contribution in [0, 0.1) is 0 Å². The number of nitrogens with zero attached hydrogens (tertiary/aromatic N) is 1. The minimum Gasteiger partial charge on any atom is -0.481 e. The molecule has 18 heavy (non-hydrogen) atoms. The van der Waals surface area contributed by atoms with Crippen LogP contribution in [0.15, 0.2) is 0 Å². The van der Waals surface area contributed by atoms with Crippen molar-refractivity contribution >= 4 is 11.9 Å².